The average Bonchev–Trinajstić information content (AvgIpc) is 2.47. The number of hydrogen-bond acceptors (Lipinski definition) is 5. The van der Waals surface area contributed by atoms with Crippen molar-refractivity contribution in [2.45, 2.75) is 23.6 Å². The second-order valence-corrected chi connectivity index (χ2v) is 8.68. The largest absolute Gasteiger partial charge is 0.369 e. The van der Waals surface area contributed by atoms with E-state index in [1.54, 1.807) is 12.1 Å². The number of aryl methyl sites for hydroxylation is 2. The van der Waals surface area contributed by atoms with Gasteiger partial charge in [0, 0.05) is 0 Å². The standard InChI is InChI=1S/C15H14O5S2/c1-11-7-3-5-9-13(11)21(17,18)15(16)22(19,20)14-10-6-4-8-12(14)2/h3-10H,1-2H3. The SMILES string of the molecule is Cc1ccccc1S(=O)(=O)C(=O)S(=O)(=O)c1ccccc1C. The third-order valence-corrected chi connectivity index (χ3v) is 7.47. The van der Waals surface area contributed by atoms with Crippen LogP contribution in [-0.2, 0) is 19.7 Å². The van der Waals surface area contributed by atoms with E-state index in [2.05, 4.69) is 0 Å². The van der Waals surface area contributed by atoms with Gasteiger partial charge in [0.25, 0.3) is 19.7 Å². The van der Waals surface area contributed by atoms with E-state index in [4.69, 9.17) is 0 Å². The molecule has 0 spiro atoms. The van der Waals surface area contributed by atoms with Gasteiger partial charge in [0.05, 0.1) is 9.79 Å². The second kappa shape index (κ2) is 5.66. The predicted molar refractivity (Wildman–Crippen MR) is 82.1 cm³/mol. The lowest BCUT2D eigenvalue weighted by atomic mass is 10.2. The molecule has 0 aromatic heterocycles. The zero-order chi connectivity index (χ0) is 16.5. The Balaban J connectivity index is 2.61. The first-order chi connectivity index (χ1) is 10.2. The highest BCUT2D eigenvalue weighted by Crippen LogP contribution is 2.25. The van der Waals surface area contributed by atoms with Crippen LogP contribution in [-0.4, -0.2) is 21.3 Å². The van der Waals surface area contributed by atoms with E-state index in [1.807, 2.05) is 0 Å². The number of carbonyl (C=O) groups is 1. The molecule has 0 fully saturated rings. The van der Waals surface area contributed by atoms with Crippen molar-refractivity contribution >= 4 is 24.1 Å². The molecule has 5 nitrogen and oxygen atoms in total. The fourth-order valence-electron chi connectivity index (χ4n) is 2.04. The van der Waals surface area contributed by atoms with Crippen LogP contribution in [0.3, 0.4) is 0 Å². The maximum absolute atomic E-state index is 12.4. The molecule has 0 aliphatic heterocycles. The lowest BCUT2D eigenvalue weighted by Crippen LogP contribution is -2.24. The van der Waals surface area contributed by atoms with E-state index >= 15 is 0 Å². The van der Waals surface area contributed by atoms with Gasteiger partial charge in [-0.1, -0.05) is 36.4 Å². The van der Waals surface area contributed by atoms with Crippen molar-refractivity contribution in [1.82, 2.24) is 0 Å². The van der Waals surface area contributed by atoms with Gasteiger partial charge in [-0.25, -0.2) is 16.8 Å². The maximum Gasteiger partial charge on any atom is 0.369 e. The molecule has 0 saturated heterocycles. The summed E-state index contributed by atoms with van der Waals surface area (Å²) >= 11 is 0. The minimum absolute atomic E-state index is 0.294. The number of benzene rings is 2. The molecular formula is C15H14O5S2. The highest BCUT2D eigenvalue weighted by Gasteiger charge is 2.39. The number of rotatable bonds is 2. The number of sulfone groups is 2. The summed E-state index contributed by atoms with van der Waals surface area (Å²) in [7, 11) is -9.24. The minimum atomic E-state index is -4.62. The van der Waals surface area contributed by atoms with Crippen LogP contribution >= 0.6 is 0 Å². The molecule has 2 aromatic carbocycles. The molecule has 0 N–H and O–H groups in total. The first kappa shape index (κ1) is 16.4. The van der Waals surface area contributed by atoms with Crippen molar-refractivity contribution in [3.63, 3.8) is 0 Å². The summed E-state index contributed by atoms with van der Waals surface area (Å²) in [5.41, 5.74) is 0.631. The summed E-state index contributed by atoms with van der Waals surface area (Å²) in [6.07, 6.45) is 0. The van der Waals surface area contributed by atoms with Gasteiger partial charge in [-0.15, -0.1) is 0 Å². The summed E-state index contributed by atoms with van der Waals surface area (Å²) in [4.78, 5) is 11.6. The van der Waals surface area contributed by atoms with Crippen LogP contribution in [0, 0.1) is 13.8 Å². The van der Waals surface area contributed by atoms with Crippen molar-refractivity contribution in [2.24, 2.45) is 0 Å². The summed E-state index contributed by atoms with van der Waals surface area (Å²) < 4.78 is 47.6. The third-order valence-electron chi connectivity index (χ3n) is 3.21. The van der Waals surface area contributed by atoms with Crippen LogP contribution in [0.15, 0.2) is 58.3 Å². The Morgan fingerprint density at radius 3 is 1.32 bits per heavy atom. The highest BCUT2D eigenvalue weighted by atomic mass is 32.3. The van der Waals surface area contributed by atoms with Gasteiger partial charge in [0.15, 0.2) is 0 Å². The average molecular weight is 338 g/mol. The van der Waals surface area contributed by atoms with E-state index in [9.17, 15) is 21.6 Å². The van der Waals surface area contributed by atoms with E-state index in [0.29, 0.717) is 11.1 Å². The molecule has 0 amide bonds. The molecule has 7 heteroatoms. The van der Waals surface area contributed by atoms with Crippen molar-refractivity contribution in [2.75, 3.05) is 0 Å². The lowest BCUT2D eigenvalue weighted by molar-refractivity contribution is 0.272. The van der Waals surface area contributed by atoms with Crippen molar-refractivity contribution in [3.8, 4) is 0 Å². The third kappa shape index (κ3) is 2.69. The molecule has 116 valence electrons. The van der Waals surface area contributed by atoms with Gasteiger partial charge in [0.1, 0.15) is 0 Å². The Kier molecular flexibility index (Phi) is 4.21. The maximum atomic E-state index is 12.4. The lowest BCUT2D eigenvalue weighted by Gasteiger charge is -2.08. The van der Waals surface area contributed by atoms with Gasteiger partial charge in [-0.3, -0.25) is 4.79 Å². The summed E-state index contributed by atoms with van der Waals surface area (Å²) in [5, 5.41) is 0. The van der Waals surface area contributed by atoms with Gasteiger partial charge < -0.3 is 0 Å². The fraction of sp³-hybridized carbons (Fsp3) is 0.133. The van der Waals surface area contributed by atoms with Gasteiger partial charge in [-0.05, 0) is 37.1 Å². The van der Waals surface area contributed by atoms with Crippen LogP contribution in [0.25, 0.3) is 0 Å². The molecule has 0 bridgehead atoms. The second-order valence-electron chi connectivity index (χ2n) is 4.79. The van der Waals surface area contributed by atoms with Crippen molar-refractivity contribution in [3.05, 3.63) is 59.7 Å². The Morgan fingerprint density at radius 2 is 1.00 bits per heavy atom. The van der Waals surface area contributed by atoms with E-state index in [0.717, 1.165) is 0 Å². The van der Waals surface area contributed by atoms with Gasteiger partial charge >= 0.3 is 4.45 Å². The topological polar surface area (TPSA) is 85.3 Å². The Hall–Kier alpha value is -1.99. The Bertz CT molecular complexity index is 864. The first-order valence-electron chi connectivity index (χ1n) is 6.34. The van der Waals surface area contributed by atoms with Crippen LogP contribution < -0.4 is 0 Å². The smallest absolute Gasteiger partial charge is 0.262 e. The molecule has 0 radical (unpaired) electrons. The summed E-state index contributed by atoms with van der Waals surface area (Å²) in [6, 6.07) is 11.5. The van der Waals surface area contributed by atoms with Crippen LogP contribution in [0.4, 0.5) is 4.79 Å². The monoisotopic (exact) mass is 338 g/mol. The summed E-state index contributed by atoms with van der Waals surface area (Å²) in [5.74, 6) is 0. The fourth-order valence-corrected chi connectivity index (χ4v) is 5.59. The van der Waals surface area contributed by atoms with E-state index in [1.165, 1.54) is 50.2 Å². The molecule has 2 rings (SSSR count). The highest BCUT2D eigenvalue weighted by molar-refractivity contribution is 8.31. The Labute approximate surface area is 129 Å². The first-order valence-corrected chi connectivity index (χ1v) is 9.31. The molecule has 0 heterocycles. The number of hydrogen-bond donors (Lipinski definition) is 0. The molecule has 0 aliphatic carbocycles. The molecule has 22 heavy (non-hydrogen) atoms. The molecule has 0 unspecified atom stereocenters. The van der Waals surface area contributed by atoms with E-state index < -0.39 is 24.1 Å². The molecular weight excluding hydrogens is 324 g/mol. The normalized spacial score (nSPS) is 12.1. The van der Waals surface area contributed by atoms with Gasteiger partial charge in [0.2, 0.25) is 0 Å². The van der Waals surface area contributed by atoms with Crippen LogP contribution in [0.5, 0.6) is 0 Å². The Morgan fingerprint density at radius 1 is 0.682 bits per heavy atom. The minimum Gasteiger partial charge on any atom is -0.262 e. The van der Waals surface area contributed by atoms with Crippen molar-refractivity contribution in [1.29, 1.82) is 0 Å². The summed E-state index contributed by atoms with van der Waals surface area (Å²) in [6.45, 7) is 3.00. The number of carbonyl (C=O) groups excluding carboxylic acids is 1. The van der Waals surface area contributed by atoms with Crippen LogP contribution in [0.1, 0.15) is 11.1 Å². The van der Waals surface area contributed by atoms with Gasteiger partial charge in [-0.2, -0.15) is 0 Å². The zero-order valence-corrected chi connectivity index (χ0v) is 13.6. The predicted octanol–water partition coefficient (Wildman–Crippen LogP) is 2.67. The molecule has 0 saturated carbocycles. The van der Waals surface area contributed by atoms with Crippen molar-refractivity contribution < 1.29 is 21.6 Å². The zero-order valence-electron chi connectivity index (χ0n) is 12.0. The molecule has 0 atom stereocenters. The van der Waals surface area contributed by atoms with Crippen LogP contribution in [0.2, 0.25) is 0 Å². The molecule has 2 aromatic rings. The quantitative estimate of drug-likeness (QED) is 0.840. The molecule has 0 aliphatic rings. The van der Waals surface area contributed by atoms with E-state index in [-0.39, 0.29) is 9.79 Å².